The van der Waals surface area contributed by atoms with Gasteiger partial charge in [-0.25, -0.2) is 4.98 Å². The molecule has 0 saturated heterocycles. The van der Waals surface area contributed by atoms with Gasteiger partial charge in [-0.1, -0.05) is 35.7 Å². The van der Waals surface area contributed by atoms with Gasteiger partial charge in [0, 0.05) is 16.4 Å². The Morgan fingerprint density at radius 2 is 2.04 bits per heavy atom. The molecule has 0 spiro atoms. The molecule has 1 aliphatic carbocycles. The van der Waals surface area contributed by atoms with Crippen LogP contribution in [0.1, 0.15) is 29.3 Å². The van der Waals surface area contributed by atoms with Crippen molar-refractivity contribution in [2.24, 2.45) is 0 Å². The highest BCUT2D eigenvalue weighted by Crippen LogP contribution is 2.42. The second-order valence-corrected chi connectivity index (χ2v) is 11.6. The molecule has 1 atom stereocenters. The minimum absolute atomic E-state index is 0.0207. The van der Waals surface area contributed by atoms with Crippen LogP contribution in [-0.4, -0.2) is 26.0 Å². The molecule has 4 nitrogen and oxygen atoms in total. The summed E-state index contributed by atoms with van der Waals surface area (Å²) in [4.78, 5) is 24.5. The van der Waals surface area contributed by atoms with E-state index in [1.54, 1.807) is 23.1 Å². The van der Waals surface area contributed by atoms with E-state index in [-0.39, 0.29) is 5.56 Å². The summed E-state index contributed by atoms with van der Waals surface area (Å²) in [6.45, 7) is 0. The van der Waals surface area contributed by atoms with Crippen LogP contribution in [0.15, 0.2) is 38.6 Å². The Bertz CT molecular complexity index is 1240. The lowest BCUT2D eigenvalue weighted by molar-refractivity contribution is 0.595. The molecule has 1 aromatic carbocycles. The third-order valence-electron chi connectivity index (χ3n) is 5.43. The van der Waals surface area contributed by atoms with Gasteiger partial charge in [0.05, 0.1) is 21.6 Å². The van der Waals surface area contributed by atoms with Gasteiger partial charge in [0.25, 0.3) is 5.56 Å². The Balaban J connectivity index is 1.37. The first-order valence-electron chi connectivity index (χ1n) is 9.46. The number of thiophene rings is 1. The number of fused-ring (bicyclic) bond motifs is 6. The van der Waals surface area contributed by atoms with Gasteiger partial charge >= 0.3 is 0 Å². The lowest BCUT2D eigenvalue weighted by Gasteiger charge is -2.14. The monoisotopic (exact) mass is 443 g/mol. The van der Waals surface area contributed by atoms with Gasteiger partial charge in [-0.15, -0.1) is 22.7 Å². The van der Waals surface area contributed by atoms with Crippen LogP contribution in [0.3, 0.4) is 0 Å². The molecule has 0 bridgehead atoms. The summed E-state index contributed by atoms with van der Waals surface area (Å²) in [7, 11) is 0. The molecule has 1 unspecified atom stereocenters. The van der Waals surface area contributed by atoms with Crippen LogP contribution in [0.5, 0.6) is 0 Å². The van der Waals surface area contributed by atoms with Crippen LogP contribution in [-0.2, 0) is 12.8 Å². The molecule has 4 aromatic rings. The minimum atomic E-state index is -0.0207. The second kappa shape index (κ2) is 6.86. The van der Waals surface area contributed by atoms with Crippen molar-refractivity contribution in [1.29, 1.82) is 0 Å². The average molecular weight is 444 g/mol. The van der Waals surface area contributed by atoms with Crippen molar-refractivity contribution in [2.75, 3.05) is 11.5 Å². The largest absolute Gasteiger partial charge is 0.307 e. The van der Waals surface area contributed by atoms with Gasteiger partial charge < -0.3 is 4.57 Å². The summed E-state index contributed by atoms with van der Waals surface area (Å²) in [5.74, 6) is 1.94. The highest BCUT2D eigenvalue weighted by molar-refractivity contribution is 8.01. The third kappa shape index (κ3) is 2.76. The molecule has 0 radical (unpaired) electrons. The smallest absolute Gasteiger partial charge is 0.282 e. The van der Waals surface area contributed by atoms with Gasteiger partial charge in [0.1, 0.15) is 4.83 Å². The van der Waals surface area contributed by atoms with Crippen molar-refractivity contribution >= 4 is 66.6 Å². The van der Waals surface area contributed by atoms with E-state index in [9.17, 15) is 4.79 Å². The summed E-state index contributed by atoms with van der Waals surface area (Å²) in [5.41, 5.74) is 2.34. The number of rotatable bonds is 3. The lowest BCUT2D eigenvalue weighted by atomic mass is 9.97. The molecule has 4 heterocycles. The molecule has 0 N–H and O–H groups in total. The number of hydrogen-bond acceptors (Lipinski definition) is 7. The number of aromatic nitrogens is 3. The van der Waals surface area contributed by atoms with E-state index in [4.69, 9.17) is 4.98 Å². The second-order valence-electron chi connectivity index (χ2n) is 7.18. The maximum atomic E-state index is 12.7. The first-order chi connectivity index (χ1) is 13.8. The van der Waals surface area contributed by atoms with E-state index in [1.165, 1.54) is 28.0 Å². The number of thioether (sulfide) groups is 2. The number of thiazole rings is 1. The number of hydrogen-bond donors (Lipinski definition) is 0. The molecule has 28 heavy (non-hydrogen) atoms. The van der Waals surface area contributed by atoms with Gasteiger partial charge in [0.15, 0.2) is 9.50 Å². The quantitative estimate of drug-likeness (QED) is 0.314. The van der Waals surface area contributed by atoms with Crippen molar-refractivity contribution in [1.82, 2.24) is 14.5 Å². The molecule has 1 aliphatic heterocycles. The van der Waals surface area contributed by atoms with E-state index >= 15 is 0 Å². The van der Waals surface area contributed by atoms with Crippen molar-refractivity contribution in [3.8, 4) is 0 Å². The van der Waals surface area contributed by atoms with Crippen molar-refractivity contribution in [2.45, 2.75) is 41.2 Å². The number of para-hydroxylation sites is 1. The van der Waals surface area contributed by atoms with Gasteiger partial charge in [-0.2, -0.15) is 4.98 Å². The van der Waals surface area contributed by atoms with Crippen molar-refractivity contribution < 1.29 is 0 Å². The van der Waals surface area contributed by atoms with Gasteiger partial charge in [-0.3, -0.25) is 4.79 Å². The summed E-state index contributed by atoms with van der Waals surface area (Å²) < 4.78 is 4.71. The zero-order valence-electron chi connectivity index (χ0n) is 15.0. The van der Waals surface area contributed by atoms with E-state index in [1.807, 2.05) is 29.2 Å². The summed E-state index contributed by atoms with van der Waals surface area (Å²) in [6, 6.07) is 8.66. The van der Waals surface area contributed by atoms with E-state index < -0.39 is 0 Å². The van der Waals surface area contributed by atoms with Crippen molar-refractivity contribution in [3.05, 3.63) is 45.1 Å². The Kier molecular flexibility index (Phi) is 4.29. The summed E-state index contributed by atoms with van der Waals surface area (Å²) in [5, 5.41) is 1.80. The Labute approximate surface area is 178 Å². The van der Waals surface area contributed by atoms with Crippen molar-refractivity contribution in [3.63, 3.8) is 0 Å². The van der Waals surface area contributed by atoms with Gasteiger partial charge in [0.2, 0.25) is 0 Å². The number of benzene rings is 1. The molecule has 0 amide bonds. The van der Waals surface area contributed by atoms with Gasteiger partial charge in [-0.05, 0) is 43.4 Å². The highest BCUT2D eigenvalue weighted by atomic mass is 32.2. The predicted octanol–water partition coefficient (Wildman–Crippen LogP) is 5.39. The van der Waals surface area contributed by atoms with Crippen LogP contribution in [0.4, 0.5) is 0 Å². The molecule has 142 valence electrons. The zero-order chi connectivity index (χ0) is 18.7. The normalized spacial score (nSPS) is 18.6. The fourth-order valence-electron chi connectivity index (χ4n) is 4.10. The summed E-state index contributed by atoms with van der Waals surface area (Å²) in [6.07, 6.45) is 4.57. The molecule has 0 fully saturated rings. The molecule has 2 aliphatic rings. The molecule has 6 rings (SSSR count). The Hall–Kier alpha value is -1.35. The topological polar surface area (TPSA) is 47.8 Å². The fraction of sp³-hybridized carbons (Fsp3) is 0.350. The maximum Gasteiger partial charge on any atom is 0.282 e. The molecule has 0 saturated carbocycles. The Morgan fingerprint density at radius 1 is 1.14 bits per heavy atom. The highest BCUT2D eigenvalue weighted by Gasteiger charge is 2.30. The molecular formula is C20H17N3OS4. The Morgan fingerprint density at radius 3 is 2.96 bits per heavy atom. The molecule has 3 aromatic heterocycles. The first kappa shape index (κ1) is 17.5. The average Bonchev–Trinajstić information content (AvgIpc) is 3.40. The van der Waals surface area contributed by atoms with Crippen LogP contribution < -0.4 is 5.56 Å². The van der Waals surface area contributed by atoms with Crippen LogP contribution in [0, 0.1) is 0 Å². The van der Waals surface area contributed by atoms with E-state index in [0.29, 0.717) is 6.04 Å². The fourth-order valence-corrected chi connectivity index (χ4v) is 9.06. The van der Waals surface area contributed by atoms with E-state index in [0.717, 1.165) is 49.6 Å². The third-order valence-corrected chi connectivity index (χ3v) is 10.1. The minimum Gasteiger partial charge on any atom is -0.307 e. The zero-order valence-corrected chi connectivity index (χ0v) is 18.3. The first-order valence-corrected chi connectivity index (χ1v) is 13.1. The van der Waals surface area contributed by atoms with E-state index in [2.05, 4.69) is 27.8 Å². The standard InChI is InChI=1S/C20H17N3OS4/c24-17-16-12-5-1-3-7-14(12)27-18(16)23-11(9-25-19(23)22-17)10-26-20-21-13-6-2-4-8-15(13)28-20/h2,4,6,8,11H,1,3,5,7,9-10H2. The summed E-state index contributed by atoms with van der Waals surface area (Å²) >= 11 is 7.14. The maximum absolute atomic E-state index is 12.7. The van der Waals surface area contributed by atoms with Crippen LogP contribution >= 0.6 is 46.2 Å². The SMILES string of the molecule is O=c1nc2n(c3sc4c(c13)CCCC4)C(CSc1nc3ccccc3s1)CS2. The predicted molar refractivity (Wildman–Crippen MR) is 121 cm³/mol. The lowest BCUT2D eigenvalue weighted by Crippen LogP contribution is -2.17. The number of nitrogens with zero attached hydrogens (tertiary/aromatic N) is 3. The van der Waals surface area contributed by atoms with Crippen LogP contribution in [0.25, 0.3) is 20.4 Å². The number of aryl methyl sites for hydroxylation is 2. The molecule has 8 heteroatoms. The van der Waals surface area contributed by atoms with Crippen LogP contribution in [0.2, 0.25) is 0 Å². The molecular weight excluding hydrogens is 427 g/mol.